The Hall–Kier alpha value is -2.36. The molecule has 1 N–H and O–H groups in total. The molecule has 10 heteroatoms. The molecule has 29 heavy (non-hydrogen) atoms. The molecule has 2 aromatic heterocycles. The lowest BCUT2D eigenvalue weighted by atomic mass is 9.95. The molecule has 156 valence electrons. The van der Waals surface area contributed by atoms with Crippen molar-refractivity contribution in [3.8, 4) is 0 Å². The summed E-state index contributed by atoms with van der Waals surface area (Å²) in [5.74, 6) is 1.25. The number of rotatable bonds is 4. The summed E-state index contributed by atoms with van der Waals surface area (Å²) in [4.78, 5) is 4.53. The summed E-state index contributed by atoms with van der Waals surface area (Å²) >= 11 is 0. The van der Waals surface area contributed by atoms with E-state index >= 15 is 0 Å². The molecule has 1 saturated heterocycles. The predicted octanol–water partition coefficient (Wildman–Crippen LogP) is 3.63. The summed E-state index contributed by atoms with van der Waals surface area (Å²) in [5, 5.41) is 7.42. The second-order valence-electron chi connectivity index (χ2n) is 7.48. The van der Waals surface area contributed by atoms with Crippen LogP contribution in [0.1, 0.15) is 31.2 Å². The molecule has 2 aromatic rings. The van der Waals surface area contributed by atoms with Gasteiger partial charge in [0.1, 0.15) is 15.7 Å². The fourth-order valence-electron chi connectivity index (χ4n) is 3.68. The molecule has 0 radical (unpaired) electrons. The highest BCUT2D eigenvalue weighted by Crippen LogP contribution is 2.36. The van der Waals surface area contributed by atoms with Gasteiger partial charge in [0.2, 0.25) is 0 Å². The van der Waals surface area contributed by atoms with Crippen LogP contribution >= 0.6 is 0 Å². The number of aromatic nitrogens is 3. The van der Waals surface area contributed by atoms with Crippen molar-refractivity contribution in [3.05, 3.63) is 41.7 Å². The number of alkyl halides is 3. The molecule has 1 aliphatic heterocycles. The van der Waals surface area contributed by atoms with Gasteiger partial charge < -0.3 is 5.32 Å². The molecule has 0 unspecified atom stereocenters. The number of fused-ring (bicyclic) bond motifs is 1. The number of hydrogen-bond acceptors (Lipinski definition) is 5. The lowest BCUT2D eigenvalue weighted by Gasteiger charge is -2.22. The number of sulfone groups is 1. The Balaban J connectivity index is 1.53. The summed E-state index contributed by atoms with van der Waals surface area (Å²) in [6.07, 6.45) is 3.37. The Labute approximate surface area is 166 Å². The van der Waals surface area contributed by atoms with E-state index in [4.69, 9.17) is 0 Å². The highest BCUT2D eigenvalue weighted by Gasteiger charge is 2.34. The van der Waals surface area contributed by atoms with Crippen LogP contribution in [-0.2, 0) is 9.84 Å². The molecule has 0 atom stereocenters. The average Bonchev–Trinajstić information content (AvgIpc) is 3.10. The van der Waals surface area contributed by atoms with E-state index in [9.17, 15) is 21.6 Å². The zero-order valence-electron chi connectivity index (χ0n) is 15.6. The molecule has 3 heterocycles. The number of allylic oxidation sites excluding steroid dienone is 4. The van der Waals surface area contributed by atoms with E-state index in [-0.39, 0.29) is 23.8 Å². The van der Waals surface area contributed by atoms with E-state index in [0.29, 0.717) is 48.4 Å². The summed E-state index contributed by atoms with van der Waals surface area (Å²) in [6, 6.07) is 1.75. The van der Waals surface area contributed by atoms with E-state index in [2.05, 4.69) is 15.4 Å². The molecule has 0 saturated carbocycles. The van der Waals surface area contributed by atoms with Gasteiger partial charge in [-0.2, -0.15) is 18.3 Å². The number of anilines is 1. The van der Waals surface area contributed by atoms with Gasteiger partial charge in [-0.1, -0.05) is 6.08 Å². The molecule has 0 amide bonds. The van der Waals surface area contributed by atoms with E-state index in [1.807, 2.05) is 0 Å². The number of halogens is 3. The van der Waals surface area contributed by atoms with Gasteiger partial charge in [-0.3, -0.25) is 0 Å². The Bertz CT molecular complexity index is 1070. The van der Waals surface area contributed by atoms with Crippen LogP contribution in [0.2, 0.25) is 0 Å². The summed E-state index contributed by atoms with van der Waals surface area (Å²) in [6.45, 7) is 0.600. The van der Waals surface area contributed by atoms with Gasteiger partial charge in [-0.05, 0) is 49.3 Å². The zero-order chi connectivity index (χ0) is 20.6. The van der Waals surface area contributed by atoms with Crippen LogP contribution in [0.5, 0.6) is 0 Å². The van der Waals surface area contributed by atoms with E-state index in [1.54, 1.807) is 18.3 Å². The maximum atomic E-state index is 13.1. The van der Waals surface area contributed by atoms with Gasteiger partial charge in [-0.15, -0.1) is 0 Å². The smallest absolute Gasteiger partial charge is 0.370 e. The third-order valence-corrected chi connectivity index (χ3v) is 7.11. The van der Waals surface area contributed by atoms with Crippen LogP contribution < -0.4 is 5.32 Å². The van der Waals surface area contributed by atoms with Crippen molar-refractivity contribution in [3.63, 3.8) is 0 Å². The van der Waals surface area contributed by atoms with E-state index < -0.39 is 21.6 Å². The van der Waals surface area contributed by atoms with Crippen molar-refractivity contribution in [2.75, 3.05) is 23.4 Å². The largest absolute Gasteiger partial charge is 0.412 e. The molecule has 6 nitrogen and oxygen atoms in total. The van der Waals surface area contributed by atoms with Gasteiger partial charge >= 0.3 is 6.18 Å². The van der Waals surface area contributed by atoms with Gasteiger partial charge in [0.25, 0.3) is 0 Å². The van der Waals surface area contributed by atoms with Crippen molar-refractivity contribution in [2.45, 2.75) is 31.9 Å². The Morgan fingerprint density at radius 3 is 2.72 bits per heavy atom. The minimum absolute atomic E-state index is 0.0243. The highest BCUT2D eigenvalue weighted by molar-refractivity contribution is 7.91. The quantitative estimate of drug-likeness (QED) is 0.808. The van der Waals surface area contributed by atoms with E-state index in [1.165, 1.54) is 16.8 Å². The Kier molecular flexibility index (Phi) is 5.14. The highest BCUT2D eigenvalue weighted by atomic mass is 32.2. The lowest BCUT2D eigenvalue weighted by Crippen LogP contribution is -2.27. The molecule has 0 spiro atoms. The minimum Gasteiger partial charge on any atom is -0.370 e. The van der Waals surface area contributed by atoms with E-state index in [0.717, 1.165) is 0 Å². The fraction of sp³-hybridized carbons (Fsp3) is 0.474. The van der Waals surface area contributed by atoms with Crippen LogP contribution in [0, 0.1) is 5.92 Å². The average molecular weight is 426 g/mol. The first-order chi connectivity index (χ1) is 13.7. The topological polar surface area (TPSA) is 76.4 Å². The van der Waals surface area contributed by atoms with Crippen LogP contribution in [0.4, 0.5) is 19.0 Å². The molecule has 1 aliphatic carbocycles. The maximum Gasteiger partial charge on any atom is 0.412 e. The van der Waals surface area contributed by atoms with Crippen molar-refractivity contribution in [1.29, 1.82) is 0 Å². The Morgan fingerprint density at radius 1 is 1.24 bits per heavy atom. The summed E-state index contributed by atoms with van der Waals surface area (Å²) in [7, 11) is -2.90. The van der Waals surface area contributed by atoms with Crippen LogP contribution in [0.3, 0.4) is 0 Å². The van der Waals surface area contributed by atoms with Crippen molar-refractivity contribution in [2.24, 2.45) is 5.92 Å². The third-order valence-electron chi connectivity index (χ3n) is 5.40. The third kappa shape index (κ3) is 4.47. The molecule has 0 bridgehead atoms. The van der Waals surface area contributed by atoms with Crippen molar-refractivity contribution >= 4 is 26.9 Å². The first kappa shape index (κ1) is 19.9. The van der Waals surface area contributed by atoms with Crippen LogP contribution in [0.15, 0.2) is 36.2 Å². The van der Waals surface area contributed by atoms with Gasteiger partial charge in [0.05, 0.1) is 17.7 Å². The molecule has 2 aliphatic rings. The lowest BCUT2D eigenvalue weighted by molar-refractivity contribution is -0.0939. The summed E-state index contributed by atoms with van der Waals surface area (Å²) < 4.78 is 63.8. The maximum absolute atomic E-state index is 13.1. The Morgan fingerprint density at radius 2 is 2.00 bits per heavy atom. The molecule has 0 aromatic carbocycles. The number of nitrogens with zero attached hydrogens (tertiary/aromatic N) is 3. The van der Waals surface area contributed by atoms with Gasteiger partial charge in [0.15, 0.2) is 5.65 Å². The second kappa shape index (κ2) is 7.47. The number of nitrogens with one attached hydrogen (secondary N) is 1. The fourth-order valence-corrected chi connectivity index (χ4v) is 5.27. The number of hydrogen-bond donors (Lipinski definition) is 1. The second-order valence-corrected chi connectivity index (χ2v) is 9.78. The summed E-state index contributed by atoms with van der Waals surface area (Å²) in [5.41, 5.74) is 0.961. The van der Waals surface area contributed by atoms with Gasteiger partial charge in [-0.25, -0.2) is 17.9 Å². The first-order valence-electron chi connectivity index (χ1n) is 9.48. The molecular weight excluding hydrogens is 405 g/mol. The standard InChI is InChI=1S/C19H21F3N4O2S/c20-19(21,22)15-3-1-2-14(10-15)16-12-24-26-7-4-17(25-18(16)26)23-11-13-5-8-29(27,28)9-6-13/h2,4,7,10,12-13H,1,3,5-6,8-9,11H2,(H,23,25). The van der Waals surface area contributed by atoms with Crippen LogP contribution in [-0.4, -0.2) is 47.2 Å². The zero-order valence-corrected chi connectivity index (χ0v) is 16.4. The first-order valence-corrected chi connectivity index (χ1v) is 11.3. The monoisotopic (exact) mass is 426 g/mol. The van der Waals surface area contributed by atoms with Crippen molar-refractivity contribution < 1.29 is 21.6 Å². The van der Waals surface area contributed by atoms with Gasteiger partial charge in [0, 0.05) is 23.9 Å². The van der Waals surface area contributed by atoms with Crippen LogP contribution in [0.25, 0.3) is 11.2 Å². The normalized spacial score (nSPS) is 20.4. The van der Waals surface area contributed by atoms with Crippen molar-refractivity contribution in [1.82, 2.24) is 14.6 Å². The molecule has 4 rings (SSSR count). The molecule has 1 fully saturated rings. The molecular formula is C19H21F3N4O2S. The minimum atomic E-state index is -4.34. The SMILES string of the molecule is O=S1(=O)CCC(CNc2ccn3ncc(C4=CCCC(C(F)(F)F)=C4)c3n2)CC1. The predicted molar refractivity (Wildman–Crippen MR) is 104 cm³/mol.